The first-order chi connectivity index (χ1) is 9.67. The Morgan fingerprint density at radius 3 is 2.30 bits per heavy atom. The van der Waals surface area contributed by atoms with E-state index in [1.807, 2.05) is 6.07 Å². The van der Waals surface area contributed by atoms with E-state index in [-0.39, 0.29) is 11.7 Å². The summed E-state index contributed by atoms with van der Waals surface area (Å²) in [4.78, 5) is 11.7. The second-order valence-corrected chi connectivity index (χ2v) is 4.08. The largest absolute Gasteiger partial charge is 0.323 e. The molecule has 2 aromatic carbocycles. The topological polar surface area (TPSA) is 72.8 Å². The van der Waals surface area contributed by atoms with Crippen molar-refractivity contribution in [1.82, 2.24) is 0 Å². The molecule has 1 radical (unpaired) electrons. The van der Waals surface area contributed by atoms with E-state index in [4.69, 9.17) is 5.26 Å². The minimum atomic E-state index is -0.284. The zero-order valence-corrected chi connectivity index (χ0v) is 10.5. The van der Waals surface area contributed by atoms with Gasteiger partial charge in [0.05, 0.1) is 11.6 Å². The van der Waals surface area contributed by atoms with Gasteiger partial charge in [-0.2, -0.15) is 5.26 Å². The van der Waals surface area contributed by atoms with Gasteiger partial charge in [0.2, 0.25) is 5.91 Å². The van der Waals surface area contributed by atoms with Crippen LogP contribution < -0.4 is 5.32 Å². The third-order valence-electron chi connectivity index (χ3n) is 2.59. The van der Waals surface area contributed by atoms with Gasteiger partial charge in [-0.3, -0.25) is 9.90 Å². The van der Waals surface area contributed by atoms with E-state index in [0.717, 1.165) is 5.56 Å². The molecule has 4 nitrogen and oxygen atoms in total. The SMILES string of the molecule is N#Cc1ccc(/C=C/C(=O)Nc2ccc([O])cc2)cc1. The lowest BCUT2D eigenvalue weighted by molar-refractivity contribution is -0.111. The van der Waals surface area contributed by atoms with Gasteiger partial charge < -0.3 is 5.32 Å². The summed E-state index contributed by atoms with van der Waals surface area (Å²) in [6.07, 6.45) is 3.05. The van der Waals surface area contributed by atoms with Crippen molar-refractivity contribution in [3.05, 3.63) is 65.7 Å². The predicted molar refractivity (Wildman–Crippen MR) is 75.4 cm³/mol. The molecule has 0 bridgehead atoms. The average molecular weight is 263 g/mol. The van der Waals surface area contributed by atoms with Crippen LogP contribution in [-0.2, 0) is 9.90 Å². The van der Waals surface area contributed by atoms with Crippen LogP contribution in [0.1, 0.15) is 11.1 Å². The van der Waals surface area contributed by atoms with Gasteiger partial charge in [-0.1, -0.05) is 12.1 Å². The number of carbonyl (C=O) groups excluding carboxylic acids is 1. The maximum atomic E-state index is 11.7. The van der Waals surface area contributed by atoms with Crippen LogP contribution in [0.25, 0.3) is 6.08 Å². The standard InChI is InChI=1S/C16H11N2O2/c17-11-13-3-1-12(2-4-13)5-10-16(20)18-14-6-8-15(19)9-7-14/h1-10H,(H,18,20)/b10-5+. The number of nitriles is 1. The van der Waals surface area contributed by atoms with E-state index in [9.17, 15) is 9.90 Å². The smallest absolute Gasteiger partial charge is 0.248 e. The highest BCUT2D eigenvalue weighted by Gasteiger charge is 1.98. The van der Waals surface area contributed by atoms with Gasteiger partial charge >= 0.3 is 0 Å². The molecule has 0 aliphatic rings. The van der Waals surface area contributed by atoms with Crippen molar-refractivity contribution in [2.45, 2.75) is 0 Å². The molecule has 0 aliphatic carbocycles. The molecule has 97 valence electrons. The molecule has 0 atom stereocenters. The first-order valence-corrected chi connectivity index (χ1v) is 5.94. The Hall–Kier alpha value is -3.06. The minimum absolute atomic E-state index is 0.101. The minimum Gasteiger partial charge on any atom is -0.323 e. The number of nitrogens with one attached hydrogen (secondary N) is 1. The van der Waals surface area contributed by atoms with Crippen LogP contribution in [0.4, 0.5) is 5.69 Å². The molecule has 0 saturated heterocycles. The molecule has 20 heavy (non-hydrogen) atoms. The van der Waals surface area contributed by atoms with Gasteiger partial charge in [-0.25, -0.2) is 0 Å². The number of carbonyl (C=O) groups is 1. The number of hydrogen-bond acceptors (Lipinski definition) is 2. The molecular weight excluding hydrogens is 252 g/mol. The Balaban J connectivity index is 1.98. The van der Waals surface area contributed by atoms with E-state index in [1.54, 1.807) is 42.5 Å². The van der Waals surface area contributed by atoms with Crippen molar-refractivity contribution >= 4 is 17.7 Å². The second kappa shape index (κ2) is 6.21. The Labute approximate surface area is 116 Å². The van der Waals surface area contributed by atoms with Crippen LogP contribution in [-0.4, -0.2) is 5.91 Å². The average Bonchev–Trinajstić information content (AvgIpc) is 2.48. The summed E-state index contributed by atoms with van der Waals surface area (Å²) in [5, 5.41) is 22.2. The number of rotatable bonds is 3. The van der Waals surface area contributed by atoms with Crippen molar-refractivity contribution in [3.63, 3.8) is 0 Å². The van der Waals surface area contributed by atoms with E-state index >= 15 is 0 Å². The number of amides is 1. The maximum Gasteiger partial charge on any atom is 0.248 e. The van der Waals surface area contributed by atoms with Crippen molar-refractivity contribution in [2.24, 2.45) is 0 Å². The molecule has 2 aromatic rings. The van der Waals surface area contributed by atoms with Crippen molar-refractivity contribution in [1.29, 1.82) is 5.26 Å². The summed E-state index contributed by atoms with van der Waals surface area (Å²) >= 11 is 0. The summed E-state index contributed by atoms with van der Waals surface area (Å²) in [6.45, 7) is 0. The zero-order valence-electron chi connectivity index (χ0n) is 10.5. The molecule has 1 N–H and O–H groups in total. The third-order valence-corrected chi connectivity index (χ3v) is 2.59. The van der Waals surface area contributed by atoms with Crippen LogP contribution in [0, 0.1) is 11.3 Å². The molecular formula is C16H11N2O2. The lowest BCUT2D eigenvalue weighted by Crippen LogP contribution is -2.07. The van der Waals surface area contributed by atoms with Crippen molar-refractivity contribution in [2.75, 3.05) is 5.32 Å². The molecule has 0 aliphatic heterocycles. The normalized spacial score (nSPS) is 10.2. The summed E-state index contributed by atoms with van der Waals surface area (Å²) in [6, 6.07) is 14.8. The number of hydrogen-bond donors (Lipinski definition) is 1. The van der Waals surface area contributed by atoms with Crippen LogP contribution in [0.15, 0.2) is 54.6 Å². The Morgan fingerprint density at radius 1 is 1.05 bits per heavy atom. The van der Waals surface area contributed by atoms with E-state index in [0.29, 0.717) is 11.3 Å². The van der Waals surface area contributed by atoms with Gasteiger partial charge in [0.15, 0.2) is 5.75 Å². The van der Waals surface area contributed by atoms with Gasteiger partial charge in [0.25, 0.3) is 0 Å². The van der Waals surface area contributed by atoms with Gasteiger partial charge in [0.1, 0.15) is 0 Å². The first-order valence-electron chi connectivity index (χ1n) is 5.94. The summed E-state index contributed by atoms with van der Waals surface area (Å²) in [5.41, 5.74) is 1.97. The molecule has 1 amide bonds. The monoisotopic (exact) mass is 263 g/mol. The van der Waals surface area contributed by atoms with E-state index in [2.05, 4.69) is 5.32 Å². The van der Waals surface area contributed by atoms with Gasteiger partial charge in [0, 0.05) is 11.8 Å². The van der Waals surface area contributed by atoms with Crippen LogP contribution in [0.2, 0.25) is 0 Å². The second-order valence-electron chi connectivity index (χ2n) is 4.08. The maximum absolute atomic E-state index is 11.7. The molecule has 0 saturated carbocycles. The van der Waals surface area contributed by atoms with Crippen LogP contribution in [0.5, 0.6) is 5.75 Å². The highest BCUT2D eigenvalue weighted by Crippen LogP contribution is 2.14. The highest BCUT2D eigenvalue weighted by molar-refractivity contribution is 6.01. The third kappa shape index (κ3) is 3.72. The summed E-state index contributed by atoms with van der Waals surface area (Å²) in [5.74, 6) is -0.385. The van der Waals surface area contributed by atoms with Crippen LogP contribution in [0.3, 0.4) is 0 Å². The molecule has 0 heterocycles. The van der Waals surface area contributed by atoms with E-state index < -0.39 is 0 Å². The van der Waals surface area contributed by atoms with E-state index in [1.165, 1.54) is 18.2 Å². The number of nitrogens with zero attached hydrogens (tertiary/aromatic N) is 1. The Morgan fingerprint density at radius 2 is 1.70 bits per heavy atom. The summed E-state index contributed by atoms with van der Waals surface area (Å²) in [7, 11) is 0. The number of anilines is 1. The molecule has 0 fully saturated rings. The summed E-state index contributed by atoms with van der Waals surface area (Å²) < 4.78 is 0. The molecule has 2 rings (SSSR count). The molecule has 0 unspecified atom stereocenters. The first kappa shape index (κ1) is 13.4. The fourth-order valence-corrected chi connectivity index (χ4v) is 1.56. The fourth-order valence-electron chi connectivity index (χ4n) is 1.56. The molecule has 0 aromatic heterocycles. The quantitative estimate of drug-likeness (QED) is 0.862. The molecule has 0 spiro atoms. The van der Waals surface area contributed by atoms with Gasteiger partial charge in [-0.15, -0.1) is 0 Å². The fraction of sp³-hybridized carbons (Fsp3) is 0. The van der Waals surface area contributed by atoms with Crippen LogP contribution >= 0.6 is 0 Å². The van der Waals surface area contributed by atoms with Crippen molar-refractivity contribution < 1.29 is 9.90 Å². The zero-order chi connectivity index (χ0) is 14.4. The Kier molecular flexibility index (Phi) is 4.15. The number of benzene rings is 2. The van der Waals surface area contributed by atoms with Crippen molar-refractivity contribution in [3.8, 4) is 11.8 Å². The van der Waals surface area contributed by atoms with Gasteiger partial charge in [-0.05, 0) is 48.0 Å². The lowest BCUT2D eigenvalue weighted by atomic mass is 10.1. The lowest BCUT2D eigenvalue weighted by Gasteiger charge is -2.01. The highest BCUT2D eigenvalue weighted by atomic mass is 16.3. The predicted octanol–water partition coefficient (Wildman–Crippen LogP) is 3.35. The molecule has 4 heteroatoms. The Bertz CT molecular complexity index is 665.